The Hall–Kier alpha value is -2.61. The SMILES string of the molecule is CCCCCc1ccc(CCc2ccc(-c3ccc(OCC)cn3)cc2)cc1. The van der Waals surface area contributed by atoms with E-state index in [1.165, 1.54) is 42.4 Å². The van der Waals surface area contributed by atoms with Crippen LogP contribution < -0.4 is 4.74 Å². The predicted molar refractivity (Wildman–Crippen MR) is 118 cm³/mol. The van der Waals surface area contributed by atoms with Crippen molar-refractivity contribution in [1.29, 1.82) is 0 Å². The normalized spacial score (nSPS) is 10.8. The molecule has 0 saturated carbocycles. The van der Waals surface area contributed by atoms with E-state index in [1.807, 2.05) is 19.1 Å². The predicted octanol–water partition coefficient (Wildman–Crippen LogP) is 6.67. The van der Waals surface area contributed by atoms with Crippen molar-refractivity contribution in [3.8, 4) is 17.0 Å². The maximum atomic E-state index is 5.46. The third kappa shape index (κ3) is 5.95. The molecule has 0 aliphatic carbocycles. The van der Waals surface area contributed by atoms with Crippen LogP contribution in [0.2, 0.25) is 0 Å². The molecule has 0 aliphatic heterocycles. The number of hydrogen-bond acceptors (Lipinski definition) is 2. The zero-order valence-corrected chi connectivity index (χ0v) is 17.2. The van der Waals surface area contributed by atoms with Gasteiger partial charge in [-0.3, -0.25) is 4.98 Å². The van der Waals surface area contributed by atoms with E-state index < -0.39 is 0 Å². The minimum absolute atomic E-state index is 0.664. The molecule has 2 aromatic carbocycles. The molecule has 0 aliphatic rings. The highest BCUT2D eigenvalue weighted by Crippen LogP contribution is 2.21. The van der Waals surface area contributed by atoms with Gasteiger partial charge in [0.05, 0.1) is 18.5 Å². The van der Waals surface area contributed by atoms with Gasteiger partial charge in [0, 0.05) is 5.56 Å². The Morgan fingerprint density at radius 3 is 1.82 bits per heavy atom. The van der Waals surface area contributed by atoms with Crippen molar-refractivity contribution in [2.45, 2.75) is 52.4 Å². The second kappa shape index (κ2) is 10.7. The Morgan fingerprint density at radius 2 is 1.29 bits per heavy atom. The Morgan fingerprint density at radius 1 is 0.679 bits per heavy atom. The van der Waals surface area contributed by atoms with Crippen LogP contribution in [-0.4, -0.2) is 11.6 Å². The first-order valence-corrected chi connectivity index (χ1v) is 10.5. The first kappa shape index (κ1) is 20.1. The summed E-state index contributed by atoms with van der Waals surface area (Å²) in [5.41, 5.74) is 6.36. The van der Waals surface area contributed by atoms with Crippen molar-refractivity contribution in [2.24, 2.45) is 0 Å². The van der Waals surface area contributed by atoms with Gasteiger partial charge in [-0.2, -0.15) is 0 Å². The Labute approximate surface area is 169 Å². The summed E-state index contributed by atoms with van der Waals surface area (Å²) in [5.74, 6) is 0.819. The number of unbranched alkanes of at least 4 members (excludes halogenated alkanes) is 2. The average Bonchev–Trinajstić information content (AvgIpc) is 2.75. The van der Waals surface area contributed by atoms with Crippen LogP contribution in [0.1, 0.15) is 49.8 Å². The van der Waals surface area contributed by atoms with Crippen LogP contribution in [0.25, 0.3) is 11.3 Å². The van der Waals surface area contributed by atoms with E-state index in [-0.39, 0.29) is 0 Å². The summed E-state index contributed by atoms with van der Waals surface area (Å²) in [6.45, 7) is 4.90. The van der Waals surface area contributed by atoms with Gasteiger partial charge >= 0.3 is 0 Å². The molecule has 0 atom stereocenters. The fourth-order valence-corrected chi connectivity index (χ4v) is 3.39. The molecule has 0 unspecified atom stereocenters. The molecule has 0 spiro atoms. The van der Waals surface area contributed by atoms with Gasteiger partial charge in [0.1, 0.15) is 5.75 Å². The highest BCUT2D eigenvalue weighted by atomic mass is 16.5. The van der Waals surface area contributed by atoms with Gasteiger partial charge in [-0.1, -0.05) is 68.3 Å². The molecular formula is C26H31NO. The summed E-state index contributed by atoms with van der Waals surface area (Å²) < 4.78 is 5.46. The lowest BCUT2D eigenvalue weighted by Crippen LogP contribution is -1.94. The van der Waals surface area contributed by atoms with E-state index in [2.05, 4.69) is 60.4 Å². The van der Waals surface area contributed by atoms with Gasteiger partial charge in [-0.05, 0) is 61.4 Å². The number of rotatable bonds is 10. The third-order valence-corrected chi connectivity index (χ3v) is 5.09. The van der Waals surface area contributed by atoms with Crippen molar-refractivity contribution < 1.29 is 4.74 Å². The molecule has 1 aromatic heterocycles. The molecule has 1 heterocycles. The van der Waals surface area contributed by atoms with E-state index in [4.69, 9.17) is 4.74 Å². The largest absolute Gasteiger partial charge is 0.492 e. The molecule has 146 valence electrons. The molecule has 28 heavy (non-hydrogen) atoms. The molecule has 2 nitrogen and oxygen atoms in total. The second-order valence-electron chi connectivity index (χ2n) is 7.28. The van der Waals surface area contributed by atoms with Crippen LogP contribution >= 0.6 is 0 Å². The first-order chi connectivity index (χ1) is 13.8. The third-order valence-electron chi connectivity index (χ3n) is 5.09. The lowest BCUT2D eigenvalue weighted by atomic mass is 10.00. The van der Waals surface area contributed by atoms with E-state index in [9.17, 15) is 0 Å². The summed E-state index contributed by atoms with van der Waals surface area (Å²) in [5, 5.41) is 0. The van der Waals surface area contributed by atoms with E-state index >= 15 is 0 Å². The number of aryl methyl sites for hydroxylation is 3. The van der Waals surface area contributed by atoms with E-state index in [0.717, 1.165) is 29.8 Å². The van der Waals surface area contributed by atoms with Crippen molar-refractivity contribution in [3.63, 3.8) is 0 Å². The van der Waals surface area contributed by atoms with Gasteiger partial charge in [0.15, 0.2) is 0 Å². The fraction of sp³-hybridized carbons (Fsp3) is 0.346. The summed E-state index contributed by atoms with van der Waals surface area (Å²) in [7, 11) is 0. The Bertz CT molecular complexity index is 820. The van der Waals surface area contributed by atoms with Crippen molar-refractivity contribution in [2.75, 3.05) is 6.61 Å². The Balaban J connectivity index is 1.52. The minimum atomic E-state index is 0.664. The number of hydrogen-bond donors (Lipinski definition) is 0. The van der Waals surface area contributed by atoms with Crippen LogP contribution in [0.3, 0.4) is 0 Å². The number of ether oxygens (including phenoxy) is 1. The van der Waals surface area contributed by atoms with Crippen molar-refractivity contribution in [1.82, 2.24) is 4.98 Å². The molecule has 0 radical (unpaired) electrons. The van der Waals surface area contributed by atoms with Crippen molar-refractivity contribution >= 4 is 0 Å². The highest BCUT2D eigenvalue weighted by molar-refractivity contribution is 5.59. The van der Waals surface area contributed by atoms with Crippen LogP contribution in [0.4, 0.5) is 0 Å². The maximum absolute atomic E-state index is 5.46. The Kier molecular flexibility index (Phi) is 7.66. The zero-order chi connectivity index (χ0) is 19.6. The monoisotopic (exact) mass is 373 g/mol. The zero-order valence-electron chi connectivity index (χ0n) is 17.2. The maximum Gasteiger partial charge on any atom is 0.137 e. The quantitative estimate of drug-likeness (QED) is 0.370. The van der Waals surface area contributed by atoms with Crippen LogP contribution in [0, 0.1) is 0 Å². The minimum Gasteiger partial charge on any atom is -0.492 e. The topological polar surface area (TPSA) is 22.1 Å². The standard InChI is InChI=1S/C26H31NO/c1-3-5-6-7-21-8-10-22(11-9-21)12-13-23-14-16-24(17-15-23)26-19-18-25(20-27-26)28-4-2/h8-11,14-20H,3-7,12-13H2,1-2H3. The summed E-state index contributed by atoms with van der Waals surface area (Å²) in [6.07, 6.45) is 9.04. The number of pyridine rings is 1. The molecule has 0 fully saturated rings. The average molecular weight is 374 g/mol. The molecule has 0 amide bonds. The molecule has 0 bridgehead atoms. The fourth-order valence-electron chi connectivity index (χ4n) is 3.39. The number of benzene rings is 2. The second-order valence-corrected chi connectivity index (χ2v) is 7.28. The lowest BCUT2D eigenvalue weighted by molar-refractivity contribution is 0.339. The smallest absolute Gasteiger partial charge is 0.137 e. The number of nitrogens with zero attached hydrogens (tertiary/aromatic N) is 1. The van der Waals surface area contributed by atoms with Crippen LogP contribution in [0.5, 0.6) is 5.75 Å². The molecule has 2 heteroatoms. The van der Waals surface area contributed by atoms with E-state index in [1.54, 1.807) is 6.20 Å². The molecule has 3 aromatic rings. The van der Waals surface area contributed by atoms with E-state index in [0.29, 0.717) is 6.61 Å². The first-order valence-electron chi connectivity index (χ1n) is 10.5. The summed E-state index contributed by atoms with van der Waals surface area (Å²) in [6, 6.07) is 21.9. The van der Waals surface area contributed by atoms with Gasteiger partial charge in [0.25, 0.3) is 0 Å². The molecule has 3 rings (SSSR count). The molecule has 0 N–H and O–H groups in total. The van der Waals surface area contributed by atoms with Crippen LogP contribution in [0.15, 0.2) is 66.9 Å². The van der Waals surface area contributed by atoms with Crippen molar-refractivity contribution in [3.05, 3.63) is 83.6 Å². The summed E-state index contributed by atoms with van der Waals surface area (Å²) >= 11 is 0. The van der Waals surface area contributed by atoms with Gasteiger partial charge in [0.2, 0.25) is 0 Å². The summed E-state index contributed by atoms with van der Waals surface area (Å²) in [4.78, 5) is 4.50. The van der Waals surface area contributed by atoms with Gasteiger partial charge < -0.3 is 4.74 Å². The van der Waals surface area contributed by atoms with Crippen LogP contribution in [-0.2, 0) is 19.3 Å². The van der Waals surface area contributed by atoms with Gasteiger partial charge in [-0.25, -0.2) is 0 Å². The lowest BCUT2D eigenvalue weighted by Gasteiger charge is -2.07. The molecule has 0 saturated heterocycles. The highest BCUT2D eigenvalue weighted by Gasteiger charge is 2.02. The van der Waals surface area contributed by atoms with Gasteiger partial charge in [-0.15, -0.1) is 0 Å². The molecular weight excluding hydrogens is 342 g/mol. The number of aromatic nitrogens is 1.